The molecule has 0 bridgehead atoms. The number of hydrogen-bond acceptors (Lipinski definition) is 6. The molecule has 0 fully saturated rings. The number of phenols is 3. The molecule has 0 saturated heterocycles. The van der Waals surface area contributed by atoms with Crippen molar-refractivity contribution in [2.75, 3.05) is 6.61 Å². The van der Waals surface area contributed by atoms with Gasteiger partial charge in [-0.3, -0.25) is 4.79 Å². The van der Waals surface area contributed by atoms with Gasteiger partial charge in [-0.25, -0.2) is 0 Å². The average molecular weight is 400 g/mol. The Morgan fingerprint density at radius 1 is 1.14 bits per heavy atom. The summed E-state index contributed by atoms with van der Waals surface area (Å²) in [6, 6.07) is 4.31. The molecule has 0 saturated carbocycles. The predicted molar refractivity (Wildman–Crippen MR) is 109 cm³/mol. The molecule has 156 valence electrons. The number of rotatable bonds is 5. The zero-order valence-corrected chi connectivity index (χ0v) is 17.3. The summed E-state index contributed by atoms with van der Waals surface area (Å²) < 4.78 is 11.7. The van der Waals surface area contributed by atoms with Crippen LogP contribution in [-0.2, 0) is 22.4 Å². The molecular formula is C23H28O6. The van der Waals surface area contributed by atoms with E-state index in [9.17, 15) is 20.1 Å². The molecule has 1 aliphatic rings. The van der Waals surface area contributed by atoms with Crippen LogP contribution >= 0.6 is 0 Å². The van der Waals surface area contributed by atoms with E-state index >= 15 is 0 Å². The Kier molecular flexibility index (Phi) is 5.64. The van der Waals surface area contributed by atoms with Gasteiger partial charge in [-0.15, -0.1) is 0 Å². The highest BCUT2D eigenvalue weighted by molar-refractivity contribution is 5.70. The molecule has 2 aromatic rings. The summed E-state index contributed by atoms with van der Waals surface area (Å²) in [4.78, 5) is 12.2. The van der Waals surface area contributed by atoms with Crippen molar-refractivity contribution >= 4 is 5.97 Å². The molecule has 1 atom stereocenters. The van der Waals surface area contributed by atoms with Crippen LogP contribution in [0.3, 0.4) is 0 Å². The maximum Gasteiger partial charge on any atom is 0.306 e. The first-order valence-corrected chi connectivity index (χ1v) is 9.78. The van der Waals surface area contributed by atoms with Gasteiger partial charge in [0.15, 0.2) is 0 Å². The Morgan fingerprint density at radius 2 is 1.86 bits per heavy atom. The average Bonchev–Trinajstić information content (AvgIpc) is 2.68. The fourth-order valence-electron chi connectivity index (χ4n) is 3.70. The van der Waals surface area contributed by atoms with Crippen LogP contribution in [0.5, 0.6) is 23.0 Å². The second-order valence-corrected chi connectivity index (χ2v) is 8.06. The number of ether oxygens (including phenoxy) is 2. The molecule has 3 rings (SSSR count). The molecule has 29 heavy (non-hydrogen) atoms. The molecule has 2 aromatic carbocycles. The van der Waals surface area contributed by atoms with Gasteiger partial charge in [-0.05, 0) is 75.3 Å². The third kappa shape index (κ3) is 4.26. The summed E-state index contributed by atoms with van der Waals surface area (Å²) in [5.41, 5.74) is 3.51. The number of carbonyl (C=O) groups is 1. The molecule has 1 unspecified atom stereocenters. The van der Waals surface area contributed by atoms with Gasteiger partial charge in [0, 0.05) is 18.1 Å². The van der Waals surface area contributed by atoms with E-state index in [1.165, 1.54) is 12.1 Å². The van der Waals surface area contributed by atoms with Crippen molar-refractivity contribution in [3.8, 4) is 23.0 Å². The second-order valence-electron chi connectivity index (χ2n) is 8.06. The molecular weight excluding hydrogens is 372 g/mol. The van der Waals surface area contributed by atoms with Crippen molar-refractivity contribution in [3.63, 3.8) is 0 Å². The van der Waals surface area contributed by atoms with Crippen LogP contribution in [0.2, 0.25) is 0 Å². The normalized spacial score (nSPS) is 18.1. The number of aromatic hydroxyl groups is 3. The Labute approximate surface area is 170 Å². The summed E-state index contributed by atoms with van der Waals surface area (Å²) >= 11 is 0. The van der Waals surface area contributed by atoms with Crippen LogP contribution in [-0.4, -0.2) is 33.5 Å². The van der Waals surface area contributed by atoms with Crippen LogP contribution in [0.1, 0.15) is 47.6 Å². The quantitative estimate of drug-likeness (QED) is 0.657. The number of benzene rings is 2. The van der Waals surface area contributed by atoms with Crippen LogP contribution in [0.4, 0.5) is 0 Å². The Balaban J connectivity index is 1.62. The lowest BCUT2D eigenvalue weighted by molar-refractivity contribution is -0.150. The van der Waals surface area contributed by atoms with Crippen molar-refractivity contribution in [3.05, 3.63) is 46.0 Å². The van der Waals surface area contributed by atoms with Gasteiger partial charge in [0.05, 0.1) is 0 Å². The molecule has 0 aliphatic carbocycles. The first-order chi connectivity index (χ1) is 13.6. The number of phenolic OH excluding ortho intramolecular Hbond substituents is 3. The SMILES string of the molecule is Cc1c(C)c2c(c(C)c1O)CCC(C)(COC(=O)CCc1ccc(O)cc1O)O2. The molecule has 0 amide bonds. The van der Waals surface area contributed by atoms with Crippen LogP contribution in [0.15, 0.2) is 18.2 Å². The first-order valence-electron chi connectivity index (χ1n) is 9.78. The fraction of sp³-hybridized carbons (Fsp3) is 0.435. The maximum atomic E-state index is 12.2. The van der Waals surface area contributed by atoms with Crippen LogP contribution in [0.25, 0.3) is 0 Å². The van der Waals surface area contributed by atoms with E-state index in [1.807, 2.05) is 27.7 Å². The summed E-state index contributed by atoms with van der Waals surface area (Å²) in [5, 5.41) is 29.4. The molecule has 1 aliphatic heterocycles. The molecule has 0 radical (unpaired) electrons. The van der Waals surface area contributed by atoms with Crippen molar-refractivity contribution < 1.29 is 29.6 Å². The monoisotopic (exact) mass is 400 g/mol. The zero-order chi connectivity index (χ0) is 21.3. The minimum atomic E-state index is -0.635. The molecule has 6 heteroatoms. The lowest BCUT2D eigenvalue weighted by atomic mass is 9.87. The lowest BCUT2D eigenvalue weighted by Crippen LogP contribution is -2.42. The summed E-state index contributed by atoms with van der Waals surface area (Å²) in [6.45, 7) is 7.74. The van der Waals surface area contributed by atoms with E-state index < -0.39 is 5.60 Å². The van der Waals surface area contributed by atoms with Gasteiger partial charge in [-0.1, -0.05) is 6.07 Å². The Hall–Kier alpha value is -2.89. The lowest BCUT2D eigenvalue weighted by Gasteiger charge is -2.37. The summed E-state index contributed by atoms with van der Waals surface area (Å²) in [5.74, 6) is 0.656. The number of esters is 1. The van der Waals surface area contributed by atoms with E-state index in [0.29, 0.717) is 24.2 Å². The smallest absolute Gasteiger partial charge is 0.306 e. The summed E-state index contributed by atoms with van der Waals surface area (Å²) in [6.07, 6.45) is 1.86. The van der Waals surface area contributed by atoms with Gasteiger partial charge in [0.25, 0.3) is 0 Å². The van der Waals surface area contributed by atoms with Gasteiger partial charge >= 0.3 is 5.97 Å². The van der Waals surface area contributed by atoms with E-state index in [-0.39, 0.29) is 30.5 Å². The van der Waals surface area contributed by atoms with E-state index in [0.717, 1.165) is 34.4 Å². The minimum absolute atomic E-state index is 0.0226. The first kappa shape index (κ1) is 20.8. The summed E-state index contributed by atoms with van der Waals surface area (Å²) in [7, 11) is 0. The third-order valence-corrected chi connectivity index (χ3v) is 5.80. The van der Waals surface area contributed by atoms with Crippen molar-refractivity contribution in [2.45, 2.75) is 59.0 Å². The van der Waals surface area contributed by atoms with Gasteiger partial charge < -0.3 is 24.8 Å². The van der Waals surface area contributed by atoms with Crippen molar-refractivity contribution in [1.82, 2.24) is 0 Å². The largest absolute Gasteiger partial charge is 0.508 e. The topological polar surface area (TPSA) is 96.2 Å². The van der Waals surface area contributed by atoms with Crippen molar-refractivity contribution in [2.24, 2.45) is 0 Å². The highest BCUT2D eigenvalue weighted by atomic mass is 16.6. The number of aryl methyl sites for hydroxylation is 1. The molecule has 0 aromatic heterocycles. The standard InChI is InChI=1S/C23H28O6/c1-13-14(2)22-18(15(3)21(13)27)9-10-23(4,29-22)12-28-20(26)8-6-16-5-7-17(24)11-19(16)25/h5,7,11,24-25,27H,6,8-10,12H2,1-4H3. The van der Waals surface area contributed by atoms with E-state index in [2.05, 4.69) is 0 Å². The van der Waals surface area contributed by atoms with Crippen molar-refractivity contribution in [1.29, 1.82) is 0 Å². The molecule has 1 heterocycles. The van der Waals surface area contributed by atoms with E-state index in [4.69, 9.17) is 9.47 Å². The third-order valence-electron chi connectivity index (χ3n) is 5.80. The van der Waals surface area contributed by atoms with Gasteiger partial charge in [-0.2, -0.15) is 0 Å². The predicted octanol–water partition coefficient (Wildman–Crippen LogP) is 3.99. The fourth-order valence-corrected chi connectivity index (χ4v) is 3.70. The Bertz CT molecular complexity index is 949. The van der Waals surface area contributed by atoms with Gasteiger partial charge in [0.1, 0.15) is 35.2 Å². The molecule has 0 spiro atoms. The zero-order valence-electron chi connectivity index (χ0n) is 17.3. The van der Waals surface area contributed by atoms with Crippen LogP contribution in [0, 0.1) is 20.8 Å². The highest BCUT2D eigenvalue weighted by Gasteiger charge is 2.35. The minimum Gasteiger partial charge on any atom is -0.508 e. The number of hydrogen-bond donors (Lipinski definition) is 3. The maximum absolute atomic E-state index is 12.2. The molecule has 3 N–H and O–H groups in total. The molecule has 6 nitrogen and oxygen atoms in total. The Morgan fingerprint density at radius 3 is 2.55 bits per heavy atom. The second kappa shape index (κ2) is 7.85. The number of carbonyl (C=O) groups excluding carboxylic acids is 1. The van der Waals surface area contributed by atoms with E-state index in [1.54, 1.807) is 6.07 Å². The van der Waals surface area contributed by atoms with Crippen LogP contribution < -0.4 is 4.74 Å². The highest BCUT2D eigenvalue weighted by Crippen LogP contribution is 2.43. The van der Waals surface area contributed by atoms with Gasteiger partial charge in [0.2, 0.25) is 0 Å². The number of fused-ring (bicyclic) bond motifs is 1.